The van der Waals surface area contributed by atoms with Crippen molar-refractivity contribution in [3.63, 3.8) is 0 Å². The molecule has 0 aromatic carbocycles. The molecule has 18 heavy (non-hydrogen) atoms. The molecule has 3 rings (SSSR count). The fraction of sp³-hybridized carbons (Fsp3) is 0.308. The lowest BCUT2D eigenvalue weighted by molar-refractivity contribution is 0.222. The summed E-state index contributed by atoms with van der Waals surface area (Å²) in [5.41, 5.74) is 1.92. The van der Waals surface area contributed by atoms with Crippen LogP contribution in [0.5, 0.6) is 5.75 Å². The van der Waals surface area contributed by atoms with Gasteiger partial charge in [0, 0.05) is 36.3 Å². The average Bonchev–Trinajstić information content (AvgIpc) is 2.93. The summed E-state index contributed by atoms with van der Waals surface area (Å²) < 4.78 is 5.87. The van der Waals surface area contributed by atoms with Gasteiger partial charge in [-0.05, 0) is 19.0 Å². The Morgan fingerprint density at radius 1 is 1.06 bits per heavy atom. The SMILES string of the molecule is c1ncc(-c2cncc(O[C@@H]3CCNC3)c2)cn1. The van der Waals surface area contributed by atoms with Gasteiger partial charge in [-0.25, -0.2) is 9.97 Å². The summed E-state index contributed by atoms with van der Waals surface area (Å²) >= 11 is 0. The first kappa shape index (κ1) is 11.1. The van der Waals surface area contributed by atoms with Crippen molar-refractivity contribution < 1.29 is 4.74 Å². The number of hydrogen-bond acceptors (Lipinski definition) is 5. The Morgan fingerprint density at radius 2 is 1.89 bits per heavy atom. The monoisotopic (exact) mass is 242 g/mol. The lowest BCUT2D eigenvalue weighted by Crippen LogP contribution is -2.19. The number of rotatable bonds is 3. The predicted octanol–water partition coefficient (Wildman–Crippen LogP) is 1.28. The number of nitrogens with zero attached hydrogens (tertiary/aromatic N) is 3. The van der Waals surface area contributed by atoms with Crippen molar-refractivity contribution in [1.82, 2.24) is 20.3 Å². The van der Waals surface area contributed by atoms with Crippen molar-refractivity contribution in [3.8, 4) is 16.9 Å². The van der Waals surface area contributed by atoms with Crippen molar-refractivity contribution in [2.75, 3.05) is 13.1 Å². The molecule has 0 radical (unpaired) electrons. The van der Waals surface area contributed by atoms with Gasteiger partial charge in [0.05, 0.1) is 6.20 Å². The van der Waals surface area contributed by atoms with E-state index in [1.807, 2.05) is 6.07 Å². The van der Waals surface area contributed by atoms with Crippen molar-refractivity contribution in [2.24, 2.45) is 0 Å². The summed E-state index contributed by atoms with van der Waals surface area (Å²) in [5, 5.41) is 3.27. The van der Waals surface area contributed by atoms with Crippen molar-refractivity contribution in [1.29, 1.82) is 0 Å². The Hall–Kier alpha value is -2.01. The van der Waals surface area contributed by atoms with E-state index in [0.29, 0.717) is 0 Å². The predicted molar refractivity (Wildman–Crippen MR) is 67.2 cm³/mol. The largest absolute Gasteiger partial charge is 0.487 e. The van der Waals surface area contributed by atoms with Crippen molar-refractivity contribution in [2.45, 2.75) is 12.5 Å². The highest BCUT2D eigenvalue weighted by molar-refractivity contribution is 5.61. The smallest absolute Gasteiger partial charge is 0.138 e. The molecule has 1 atom stereocenters. The normalized spacial score (nSPS) is 18.8. The number of pyridine rings is 1. The van der Waals surface area contributed by atoms with Crippen LogP contribution in [0.1, 0.15) is 6.42 Å². The molecule has 0 aliphatic carbocycles. The average molecular weight is 242 g/mol. The molecule has 0 unspecified atom stereocenters. The molecule has 5 nitrogen and oxygen atoms in total. The van der Waals surface area contributed by atoms with E-state index in [1.54, 1.807) is 24.8 Å². The Labute approximate surface area is 105 Å². The number of hydrogen-bond donors (Lipinski definition) is 1. The third kappa shape index (κ3) is 2.46. The molecule has 0 saturated carbocycles. The van der Waals surface area contributed by atoms with Crippen LogP contribution in [0, 0.1) is 0 Å². The topological polar surface area (TPSA) is 59.9 Å². The zero-order valence-corrected chi connectivity index (χ0v) is 9.91. The molecule has 1 fully saturated rings. The fourth-order valence-corrected chi connectivity index (χ4v) is 2.01. The Bertz CT molecular complexity index is 511. The second-order valence-electron chi connectivity index (χ2n) is 4.27. The number of nitrogens with one attached hydrogen (secondary N) is 1. The summed E-state index contributed by atoms with van der Waals surface area (Å²) in [4.78, 5) is 12.2. The van der Waals surface area contributed by atoms with Crippen molar-refractivity contribution >= 4 is 0 Å². The Morgan fingerprint density at radius 3 is 2.67 bits per heavy atom. The molecule has 92 valence electrons. The van der Waals surface area contributed by atoms with Crippen LogP contribution in [0.4, 0.5) is 0 Å². The molecule has 1 N–H and O–H groups in total. The van der Waals surface area contributed by atoms with Gasteiger partial charge < -0.3 is 10.1 Å². The minimum absolute atomic E-state index is 0.245. The van der Waals surface area contributed by atoms with Crippen LogP contribution in [0.15, 0.2) is 37.2 Å². The minimum Gasteiger partial charge on any atom is -0.487 e. The maximum Gasteiger partial charge on any atom is 0.138 e. The summed E-state index contributed by atoms with van der Waals surface area (Å²) in [6.07, 6.45) is 9.87. The van der Waals surface area contributed by atoms with Crippen LogP contribution in [0.2, 0.25) is 0 Å². The maximum absolute atomic E-state index is 5.87. The second-order valence-corrected chi connectivity index (χ2v) is 4.27. The van der Waals surface area contributed by atoms with Gasteiger partial charge in [0.15, 0.2) is 0 Å². The van der Waals surface area contributed by atoms with E-state index < -0.39 is 0 Å². The first-order chi connectivity index (χ1) is 8.92. The van der Waals surface area contributed by atoms with E-state index in [2.05, 4.69) is 20.3 Å². The molecule has 1 aliphatic rings. The van der Waals surface area contributed by atoms with Crippen molar-refractivity contribution in [3.05, 3.63) is 37.2 Å². The molecule has 3 heterocycles. The van der Waals surface area contributed by atoms with E-state index >= 15 is 0 Å². The van der Waals surface area contributed by atoms with Gasteiger partial charge >= 0.3 is 0 Å². The molecule has 2 aromatic rings. The first-order valence-electron chi connectivity index (χ1n) is 5.99. The molecule has 0 bridgehead atoms. The highest BCUT2D eigenvalue weighted by atomic mass is 16.5. The molecular weight excluding hydrogens is 228 g/mol. The zero-order valence-electron chi connectivity index (χ0n) is 9.91. The van der Waals surface area contributed by atoms with Crippen LogP contribution >= 0.6 is 0 Å². The zero-order chi connectivity index (χ0) is 12.2. The van der Waals surface area contributed by atoms with Crippen LogP contribution in [-0.4, -0.2) is 34.1 Å². The van der Waals surface area contributed by atoms with Gasteiger partial charge in [0.2, 0.25) is 0 Å². The minimum atomic E-state index is 0.245. The lowest BCUT2D eigenvalue weighted by atomic mass is 10.1. The second kappa shape index (κ2) is 5.10. The van der Waals surface area contributed by atoms with Crippen LogP contribution in [0.25, 0.3) is 11.1 Å². The van der Waals surface area contributed by atoms with E-state index in [-0.39, 0.29) is 6.10 Å². The number of ether oxygens (including phenoxy) is 1. The van der Waals surface area contributed by atoms with E-state index in [4.69, 9.17) is 4.74 Å². The van der Waals surface area contributed by atoms with Crippen LogP contribution in [-0.2, 0) is 0 Å². The quantitative estimate of drug-likeness (QED) is 0.878. The standard InChI is InChI=1S/C13H14N4O/c1-2-14-7-12(1)18-13-3-10(4-15-8-13)11-5-16-9-17-6-11/h3-6,8-9,12,14H,1-2,7H2/t12-/m1/s1. The highest BCUT2D eigenvalue weighted by Gasteiger charge is 2.16. The highest BCUT2D eigenvalue weighted by Crippen LogP contribution is 2.22. The van der Waals surface area contributed by atoms with E-state index in [0.717, 1.165) is 36.4 Å². The summed E-state index contributed by atoms with van der Waals surface area (Å²) in [5.74, 6) is 0.796. The molecular formula is C13H14N4O. The number of aromatic nitrogens is 3. The van der Waals surface area contributed by atoms with Gasteiger partial charge in [0.1, 0.15) is 18.2 Å². The molecule has 2 aromatic heterocycles. The first-order valence-corrected chi connectivity index (χ1v) is 5.99. The Kier molecular flexibility index (Phi) is 3.14. The Balaban J connectivity index is 1.80. The van der Waals surface area contributed by atoms with Gasteiger partial charge in [-0.2, -0.15) is 0 Å². The molecule has 5 heteroatoms. The molecule has 1 aliphatic heterocycles. The summed E-state index contributed by atoms with van der Waals surface area (Å²) in [6.45, 7) is 1.92. The fourth-order valence-electron chi connectivity index (χ4n) is 2.01. The van der Waals surface area contributed by atoms with Crippen LogP contribution < -0.4 is 10.1 Å². The van der Waals surface area contributed by atoms with Crippen LogP contribution in [0.3, 0.4) is 0 Å². The summed E-state index contributed by atoms with van der Waals surface area (Å²) in [6, 6.07) is 1.98. The lowest BCUT2D eigenvalue weighted by Gasteiger charge is -2.12. The van der Waals surface area contributed by atoms with E-state index in [1.165, 1.54) is 6.33 Å². The summed E-state index contributed by atoms with van der Waals surface area (Å²) in [7, 11) is 0. The van der Waals surface area contributed by atoms with Gasteiger partial charge in [-0.15, -0.1) is 0 Å². The van der Waals surface area contributed by atoms with E-state index in [9.17, 15) is 0 Å². The van der Waals surface area contributed by atoms with Gasteiger partial charge in [0.25, 0.3) is 0 Å². The third-order valence-corrected chi connectivity index (χ3v) is 2.92. The van der Waals surface area contributed by atoms with Gasteiger partial charge in [-0.1, -0.05) is 0 Å². The molecule has 1 saturated heterocycles. The molecule has 0 amide bonds. The third-order valence-electron chi connectivity index (χ3n) is 2.92. The molecule has 0 spiro atoms. The maximum atomic E-state index is 5.87. The van der Waals surface area contributed by atoms with Gasteiger partial charge in [-0.3, -0.25) is 4.98 Å².